The zero-order valence-corrected chi connectivity index (χ0v) is 8.43. The van der Waals surface area contributed by atoms with Crippen molar-refractivity contribution >= 4 is 0 Å². The van der Waals surface area contributed by atoms with E-state index < -0.39 is 0 Å². The van der Waals surface area contributed by atoms with Crippen molar-refractivity contribution in [3.63, 3.8) is 0 Å². The van der Waals surface area contributed by atoms with Crippen LogP contribution in [-0.2, 0) is 9.47 Å². The normalized spacial score (nSPS) is 22.8. The molecule has 0 aromatic heterocycles. The highest BCUT2D eigenvalue weighted by Gasteiger charge is 2.22. The zero-order chi connectivity index (χ0) is 9.03. The van der Waals surface area contributed by atoms with Gasteiger partial charge in [0.2, 0.25) is 0 Å². The van der Waals surface area contributed by atoms with Crippen LogP contribution >= 0.6 is 0 Å². The molecule has 0 aromatic rings. The fraction of sp³-hybridized carbons (Fsp3) is 1.00. The molecule has 1 atom stereocenters. The van der Waals surface area contributed by atoms with Crippen molar-refractivity contribution in [3.05, 3.63) is 0 Å². The monoisotopic (exact) mass is 172 g/mol. The van der Waals surface area contributed by atoms with Crippen LogP contribution in [0.1, 0.15) is 33.6 Å². The Labute approximate surface area is 75.2 Å². The van der Waals surface area contributed by atoms with Crippen molar-refractivity contribution in [2.75, 3.05) is 19.8 Å². The molecule has 0 bridgehead atoms. The number of epoxide rings is 1. The number of hydrogen-bond donors (Lipinski definition) is 0. The van der Waals surface area contributed by atoms with Gasteiger partial charge in [-0.05, 0) is 18.3 Å². The van der Waals surface area contributed by atoms with E-state index >= 15 is 0 Å². The lowest BCUT2D eigenvalue weighted by molar-refractivity contribution is 0.107. The number of ether oxygens (including phenoxy) is 2. The summed E-state index contributed by atoms with van der Waals surface area (Å²) >= 11 is 0. The molecular weight excluding hydrogens is 152 g/mol. The Hall–Kier alpha value is -0.0800. The maximum atomic E-state index is 5.43. The lowest BCUT2D eigenvalue weighted by Gasteiger charge is -2.17. The van der Waals surface area contributed by atoms with Crippen molar-refractivity contribution in [1.82, 2.24) is 0 Å². The highest BCUT2D eigenvalue weighted by molar-refractivity contribution is 4.67. The Kier molecular flexibility index (Phi) is 3.53. The van der Waals surface area contributed by atoms with E-state index in [1.165, 1.54) is 6.42 Å². The van der Waals surface area contributed by atoms with E-state index in [4.69, 9.17) is 9.47 Å². The van der Waals surface area contributed by atoms with Crippen LogP contribution in [-0.4, -0.2) is 25.9 Å². The molecule has 0 aromatic carbocycles. The van der Waals surface area contributed by atoms with Gasteiger partial charge in [0.25, 0.3) is 0 Å². The summed E-state index contributed by atoms with van der Waals surface area (Å²) in [6, 6.07) is 0. The third-order valence-electron chi connectivity index (χ3n) is 1.92. The molecule has 2 heteroatoms. The van der Waals surface area contributed by atoms with E-state index in [1.807, 2.05) is 0 Å². The van der Waals surface area contributed by atoms with Gasteiger partial charge >= 0.3 is 0 Å². The second-order valence-electron chi connectivity index (χ2n) is 4.69. The third kappa shape index (κ3) is 5.56. The highest BCUT2D eigenvalue weighted by Crippen LogP contribution is 2.20. The van der Waals surface area contributed by atoms with Crippen molar-refractivity contribution in [2.45, 2.75) is 39.7 Å². The van der Waals surface area contributed by atoms with Gasteiger partial charge < -0.3 is 9.47 Å². The maximum Gasteiger partial charge on any atom is 0.104 e. The fourth-order valence-corrected chi connectivity index (χ4v) is 1.08. The zero-order valence-electron chi connectivity index (χ0n) is 8.43. The van der Waals surface area contributed by atoms with Crippen LogP contribution in [0.15, 0.2) is 0 Å². The quantitative estimate of drug-likeness (QED) is 0.468. The molecule has 1 rings (SSSR count). The van der Waals surface area contributed by atoms with Crippen molar-refractivity contribution in [2.24, 2.45) is 5.41 Å². The summed E-state index contributed by atoms with van der Waals surface area (Å²) in [7, 11) is 0. The molecule has 0 radical (unpaired) electrons. The van der Waals surface area contributed by atoms with Gasteiger partial charge in [-0.1, -0.05) is 20.8 Å². The number of hydrogen-bond acceptors (Lipinski definition) is 2. The molecule has 0 amide bonds. The van der Waals surface area contributed by atoms with E-state index in [2.05, 4.69) is 20.8 Å². The molecule has 12 heavy (non-hydrogen) atoms. The third-order valence-corrected chi connectivity index (χ3v) is 1.92. The molecule has 0 aliphatic carbocycles. The summed E-state index contributed by atoms with van der Waals surface area (Å²) in [5.41, 5.74) is 0.444. The van der Waals surface area contributed by atoms with Gasteiger partial charge in [0, 0.05) is 6.61 Å². The highest BCUT2D eigenvalue weighted by atomic mass is 16.6. The molecule has 1 saturated heterocycles. The maximum absolute atomic E-state index is 5.43. The van der Waals surface area contributed by atoms with E-state index in [1.54, 1.807) is 0 Å². The van der Waals surface area contributed by atoms with Gasteiger partial charge in [-0.3, -0.25) is 0 Å². The summed E-state index contributed by atoms with van der Waals surface area (Å²) in [6.45, 7) is 9.37. The minimum Gasteiger partial charge on any atom is -0.379 e. The molecule has 2 nitrogen and oxygen atoms in total. The van der Waals surface area contributed by atoms with Crippen molar-refractivity contribution < 1.29 is 9.47 Å². The van der Waals surface area contributed by atoms with E-state index in [9.17, 15) is 0 Å². The van der Waals surface area contributed by atoms with Crippen LogP contribution in [0.5, 0.6) is 0 Å². The predicted octanol–water partition coefficient (Wildman–Crippen LogP) is 2.23. The first kappa shape index (κ1) is 10.0. The Balaban J connectivity index is 1.82. The van der Waals surface area contributed by atoms with Gasteiger partial charge in [0.05, 0.1) is 13.2 Å². The standard InChI is InChI=1S/C10H20O2/c1-10(2,3)5-4-6-11-7-9-8-12-9/h9H,4-8H2,1-3H3. The molecule has 72 valence electrons. The number of rotatable bonds is 5. The van der Waals surface area contributed by atoms with Crippen LogP contribution in [0.3, 0.4) is 0 Å². The smallest absolute Gasteiger partial charge is 0.104 e. The lowest BCUT2D eigenvalue weighted by atomic mass is 9.91. The first-order valence-corrected chi connectivity index (χ1v) is 4.77. The van der Waals surface area contributed by atoms with Gasteiger partial charge in [0.1, 0.15) is 6.10 Å². The van der Waals surface area contributed by atoms with Gasteiger partial charge in [-0.25, -0.2) is 0 Å². The largest absolute Gasteiger partial charge is 0.379 e. The van der Waals surface area contributed by atoms with Gasteiger partial charge in [-0.15, -0.1) is 0 Å². The molecule has 1 unspecified atom stereocenters. The van der Waals surface area contributed by atoms with Crippen molar-refractivity contribution in [1.29, 1.82) is 0 Å². The molecule has 0 saturated carbocycles. The lowest BCUT2D eigenvalue weighted by Crippen LogP contribution is -2.08. The van der Waals surface area contributed by atoms with Gasteiger partial charge in [-0.2, -0.15) is 0 Å². The van der Waals surface area contributed by atoms with Crippen molar-refractivity contribution in [3.8, 4) is 0 Å². The minimum absolute atomic E-state index is 0.416. The second-order valence-corrected chi connectivity index (χ2v) is 4.69. The summed E-state index contributed by atoms with van der Waals surface area (Å²) < 4.78 is 10.5. The van der Waals surface area contributed by atoms with Crippen LogP contribution in [0.4, 0.5) is 0 Å². The van der Waals surface area contributed by atoms with E-state index in [0.717, 1.165) is 26.2 Å². The van der Waals surface area contributed by atoms with Crippen LogP contribution in [0.2, 0.25) is 0 Å². The Morgan fingerprint density at radius 2 is 2.08 bits per heavy atom. The summed E-state index contributed by atoms with van der Waals surface area (Å²) in [4.78, 5) is 0. The minimum atomic E-state index is 0.416. The summed E-state index contributed by atoms with van der Waals surface area (Å²) in [6.07, 6.45) is 2.81. The molecule has 0 spiro atoms. The van der Waals surface area contributed by atoms with Crippen LogP contribution in [0, 0.1) is 5.41 Å². The summed E-state index contributed by atoms with van der Waals surface area (Å²) in [5, 5.41) is 0. The van der Waals surface area contributed by atoms with Crippen LogP contribution < -0.4 is 0 Å². The Morgan fingerprint density at radius 1 is 1.42 bits per heavy atom. The topological polar surface area (TPSA) is 21.8 Å². The van der Waals surface area contributed by atoms with Crippen LogP contribution in [0.25, 0.3) is 0 Å². The Bertz CT molecular complexity index is 122. The first-order chi connectivity index (χ1) is 5.58. The molecule has 1 fully saturated rings. The fourth-order valence-electron chi connectivity index (χ4n) is 1.08. The van der Waals surface area contributed by atoms with Gasteiger partial charge in [0.15, 0.2) is 0 Å². The second kappa shape index (κ2) is 4.24. The van der Waals surface area contributed by atoms with E-state index in [0.29, 0.717) is 11.5 Å². The molecule has 0 N–H and O–H groups in total. The average molecular weight is 172 g/mol. The molecule has 1 heterocycles. The SMILES string of the molecule is CC(C)(C)CCCOCC1CO1. The first-order valence-electron chi connectivity index (χ1n) is 4.77. The summed E-state index contributed by atoms with van der Waals surface area (Å²) in [5.74, 6) is 0. The molecular formula is C10H20O2. The van der Waals surface area contributed by atoms with E-state index in [-0.39, 0.29) is 0 Å². The predicted molar refractivity (Wildman–Crippen MR) is 49.2 cm³/mol. The molecule has 1 aliphatic heterocycles. The molecule has 1 aliphatic rings. The Morgan fingerprint density at radius 3 is 2.58 bits per heavy atom. The average Bonchev–Trinajstić information content (AvgIpc) is 2.68.